The maximum Gasteiger partial charge on any atom is 0.308 e. The highest BCUT2D eigenvalue weighted by Crippen LogP contribution is 2.16. The molecular formula is C22H30BN3O4. The molecule has 0 saturated carbocycles. The van der Waals surface area contributed by atoms with Gasteiger partial charge < -0.3 is 20.8 Å². The van der Waals surface area contributed by atoms with E-state index in [9.17, 15) is 19.7 Å². The topological polar surface area (TPSA) is 112 Å². The molecular weight excluding hydrogens is 381 g/mol. The van der Waals surface area contributed by atoms with Gasteiger partial charge in [0.25, 0.3) is 5.91 Å². The van der Waals surface area contributed by atoms with Crippen LogP contribution in [0.15, 0.2) is 48.5 Å². The molecule has 0 aliphatic carbocycles. The zero-order valence-electron chi connectivity index (χ0n) is 17.9. The first kappa shape index (κ1) is 23.6. The molecule has 1 aromatic heterocycles. The standard InChI is InChI=1S/C22H30BN3O4/c1-14(2)13-19(23(4)30)25-22(29)20(15(3)27)26-21(28)18-12-8-11-17(24-18)16-9-6-5-7-10-16/h5-12,14-15,19-20,27,30H,13H2,1-4H3,(H,25,29)(H,26,28). The van der Waals surface area contributed by atoms with E-state index in [0.29, 0.717) is 12.1 Å². The van der Waals surface area contributed by atoms with Crippen molar-refractivity contribution in [1.29, 1.82) is 0 Å². The summed E-state index contributed by atoms with van der Waals surface area (Å²) in [6.45, 7) is 6.24. The van der Waals surface area contributed by atoms with Crippen LogP contribution in [0, 0.1) is 5.92 Å². The van der Waals surface area contributed by atoms with Gasteiger partial charge in [-0.25, -0.2) is 4.98 Å². The number of nitrogens with one attached hydrogen (secondary N) is 2. The molecule has 0 aliphatic heterocycles. The van der Waals surface area contributed by atoms with Crippen LogP contribution in [-0.4, -0.2) is 51.9 Å². The average Bonchev–Trinajstić information content (AvgIpc) is 2.71. The summed E-state index contributed by atoms with van der Waals surface area (Å²) in [5.41, 5.74) is 1.64. The smallest absolute Gasteiger partial charge is 0.308 e. The maximum absolute atomic E-state index is 12.7. The van der Waals surface area contributed by atoms with Gasteiger partial charge >= 0.3 is 6.92 Å². The fourth-order valence-corrected chi connectivity index (χ4v) is 3.11. The molecule has 0 saturated heterocycles. The van der Waals surface area contributed by atoms with Crippen molar-refractivity contribution in [1.82, 2.24) is 15.6 Å². The van der Waals surface area contributed by atoms with Crippen molar-refractivity contribution in [3.8, 4) is 11.3 Å². The summed E-state index contributed by atoms with van der Waals surface area (Å²) in [7, 11) is 0. The largest absolute Gasteiger partial charge is 0.449 e. The number of amides is 2. The number of aromatic nitrogens is 1. The summed E-state index contributed by atoms with van der Waals surface area (Å²) >= 11 is 0. The minimum atomic E-state index is -1.17. The summed E-state index contributed by atoms with van der Waals surface area (Å²) in [5.74, 6) is -1.33. The van der Waals surface area contributed by atoms with Crippen molar-refractivity contribution in [2.24, 2.45) is 5.92 Å². The van der Waals surface area contributed by atoms with E-state index in [1.807, 2.05) is 44.2 Å². The summed E-state index contributed by atoms with van der Waals surface area (Å²) in [4.78, 5) is 29.8. The normalized spacial score (nSPS) is 14.0. The first-order valence-electron chi connectivity index (χ1n) is 10.2. The Labute approximate surface area is 178 Å². The Morgan fingerprint density at radius 2 is 1.70 bits per heavy atom. The Hall–Kier alpha value is -2.71. The molecule has 160 valence electrons. The molecule has 3 unspecified atom stereocenters. The number of carbonyl (C=O) groups is 2. The molecule has 0 radical (unpaired) electrons. The number of aliphatic hydroxyl groups is 1. The first-order chi connectivity index (χ1) is 14.2. The lowest BCUT2D eigenvalue weighted by Gasteiger charge is -2.26. The minimum Gasteiger partial charge on any atom is -0.449 e. The molecule has 0 spiro atoms. The third kappa shape index (κ3) is 6.67. The van der Waals surface area contributed by atoms with E-state index in [2.05, 4.69) is 15.6 Å². The molecule has 0 bridgehead atoms. The lowest BCUT2D eigenvalue weighted by molar-refractivity contribution is -0.125. The van der Waals surface area contributed by atoms with Gasteiger partial charge in [-0.3, -0.25) is 9.59 Å². The van der Waals surface area contributed by atoms with Crippen molar-refractivity contribution >= 4 is 18.7 Å². The summed E-state index contributed by atoms with van der Waals surface area (Å²) in [5, 5.41) is 25.3. The van der Waals surface area contributed by atoms with Crippen LogP contribution in [0.4, 0.5) is 0 Å². The second kappa shape index (κ2) is 10.9. The molecule has 8 heteroatoms. The molecule has 7 nitrogen and oxygen atoms in total. The van der Waals surface area contributed by atoms with Gasteiger partial charge in [0.05, 0.1) is 11.8 Å². The minimum absolute atomic E-state index is 0.143. The fraction of sp³-hybridized carbons (Fsp3) is 0.409. The second-order valence-electron chi connectivity index (χ2n) is 7.95. The maximum atomic E-state index is 12.7. The van der Waals surface area contributed by atoms with E-state index in [1.165, 1.54) is 6.92 Å². The third-order valence-corrected chi connectivity index (χ3v) is 4.74. The highest BCUT2D eigenvalue weighted by atomic mass is 16.3. The molecule has 2 amide bonds. The van der Waals surface area contributed by atoms with Crippen LogP contribution in [0.2, 0.25) is 6.82 Å². The van der Waals surface area contributed by atoms with Crippen LogP contribution in [0.5, 0.6) is 0 Å². The van der Waals surface area contributed by atoms with Crippen LogP contribution >= 0.6 is 0 Å². The second-order valence-corrected chi connectivity index (χ2v) is 7.95. The van der Waals surface area contributed by atoms with Crippen LogP contribution < -0.4 is 10.6 Å². The fourth-order valence-electron chi connectivity index (χ4n) is 3.11. The van der Waals surface area contributed by atoms with Crippen molar-refractivity contribution in [3.63, 3.8) is 0 Å². The Kier molecular flexibility index (Phi) is 8.56. The van der Waals surface area contributed by atoms with E-state index >= 15 is 0 Å². The summed E-state index contributed by atoms with van der Waals surface area (Å²) in [6.07, 6.45) is -0.551. The predicted molar refractivity (Wildman–Crippen MR) is 118 cm³/mol. The third-order valence-electron chi connectivity index (χ3n) is 4.74. The Morgan fingerprint density at radius 3 is 2.27 bits per heavy atom. The predicted octanol–water partition coefficient (Wildman–Crippen LogP) is 1.91. The lowest BCUT2D eigenvalue weighted by atomic mass is 9.61. The molecule has 3 atom stereocenters. The number of nitrogens with zero attached hydrogens (tertiary/aromatic N) is 1. The van der Waals surface area contributed by atoms with E-state index < -0.39 is 36.8 Å². The molecule has 30 heavy (non-hydrogen) atoms. The molecule has 0 aliphatic rings. The summed E-state index contributed by atoms with van der Waals surface area (Å²) in [6, 6.07) is 13.3. The molecule has 1 heterocycles. The number of carbonyl (C=O) groups excluding carboxylic acids is 2. The Morgan fingerprint density at radius 1 is 1.03 bits per heavy atom. The number of aliphatic hydroxyl groups excluding tert-OH is 1. The van der Waals surface area contributed by atoms with E-state index in [0.717, 1.165) is 5.56 Å². The SMILES string of the molecule is CB(O)C(CC(C)C)NC(=O)C(NC(=O)c1cccc(-c2ccccc2)n1)C(C)O. The van der Waals surface area contributed by atoms with Crippen molar-refractivity contribution in [2.45, 2.75) is 52.1 Å². The van der Waals surface area contributed by atoms with Gasteiger partial charge in [0, 0.05) is 11.5 Å². The quantitative estimate of drug-likeness (QED) is 0.471. The van der Waals surface area contributed by atoms with Gasteiger partial charge in [-0.15, -0.1) is 0 Å². The average molecular weight is 411 g/mol. The van der Waals surface area contributed by atoms with Gasteiger partial charge in [-0.2, -0.15) is 0 Å². The molecule has 2 aromatic rings. The van der Waals surface area contributed by atoms with Gasteiger partial charge in [-0.1, -0.05) is 57.1 Å². The van der Waals surface area contributed by atoms with Crippen molar-refractivity contribution in [3.05, 3.63) is 54.2 Å². The van der Waals surface area contributed by atoms with Crippen LogP contribution in [-0.2, 0) is 4.79 Å². The molecule has 1 aromatic carbocycles. The summed E-state index contributed by atoms with van der Waals surface area (Å²) < 4.78 is 0. The van der Waals surface area contributed by atoms with Gasteiger partial charge in [0.1, 0.15) is 11.7 Å². The Balaban J connectivity index is 2.14. The lowest BCUT2D eigenvalue weighted by Crippen LogP contribution is -2.57. The van der Waals surface area contributed by atoms with E-state index in [1.54, 1.807) is 25.0 Å². The highest BCUT2D eigenvalue weighted by molar-refractivity contribution is 6.51. The number of hydrogen-bond acceptors (Lipinski definition) is 5. The van der Waals surface area contributed by atoms with Crippen LogP contribution in [0.1, 0.15) is 37.7 Å². The van der Waals surface area contributed by atoms with Gasteiger partial charge in [0.2, 0.25) is 5.91 Å². The number of pyridine rings is 1. The zero-order valence-corrected chi connectivity index (χ0v) is 17.9. The number of rotatable bonds is 9. The zero-order chi connectivity index (χ0) is 22.3. The molecule has 4 N–H and O–H groups in total. The van der Waals surface area contributed by atoms with Crippen LogP contribution in [0.3, 0.4) is 0 Å². The van der Waals surface area contributed by atoms with E-state index in [4.69, 9.17) is 0 Å². The van der Waals surface area contributed by atoms with E-state index in [-0.39, 0.29) is 11.6 Å². The number of hydrogen-bond donors (Lipinski definition) is 4. The highest BCUT2D eigenvalue weighted by Gasteiger charge is 2.30. The first-order valence-corrected chi connectivity index (χ1v) is 10.2. The van der Waals surface area contributed by atoms with Crippen molar-refractivity contribution < 1.29 is 19.7 Å². The van der Waals surface area contributed by atoms with Crippen molar-refractivity contribution in [2.75, 3.05) is 0 Å². The van der Waals surface area contributed by atoms with Gasteiger partial charge in [-0.05, 0) is 31.4 Å². The number of benzene rings is 1. The van der Waals surface area contributed by atoms with Crippen LogP contribution in [0.25, 0.3) is 11.3 Å². The monoisotopic (exact) mass is 411 g/mol. The Bertz CT molecular complexity index is 843. The molecule has 0 fully saturated rings. The molecule has 2 rings (SSSR count). The van der Waals surface area contributed by atoms with Gasteiger partial charge in [0.15, 0.2) is 0 Å².